The molecule has 3 saturated carbocycles. The van der Waals surface area contributed by atoms with Gasteiger partial charge in [-0.2, -0.15) is 0 Å². The van der Waals surface area contributed by atoms with Crippen LogP contribution in [0.3, 0.4) is 0 Å². The van der Waals surface area contributed by atoms with E-state index in [4.69, 9.17) is 0 Å². The first-order chi connectivity index (χ1) is 8.65. The molecule has 0 aromatic rings. The van der Waals surface area contributed by atoms with E-state index in [1.165, 1.54) is 45.1 Å². The molecule has 3 rings (SSSR count). The highest BCUT2D eigenvalue weighted by molar-refractivity contribution is 4.96. The van der Waals surface area contributed by atoms with Gasteiger partial charge in [0.25, 0.3) is 0 Å². The number of aliphatic hydroxyl groups excluding tert-OH is 1. The summed E-state index contributed by atoms with van der Waals surface area (Å²) in [6.07, 6.45) is 9.06. The molecule has 0 aromatic carbocycles. The van der Waals surface area contributed by atoms with Gasteiger partial charge < -0.3 is 5.11 Å². The van der Waals surface area contributed by atoms with Crippen LogP contribution in [-0.4, -0.2) is 34.7 Å². The summed E-state index contributed by atoms with van der Waals surface area (Å²) in [5.74, 6) is 2.57. The van der Waals surface area contributed by atoms with Gasteiger partial charge in [-0.25, -0.2) is 0 Å². The van der Waals surface area contributed by atoms with Gasteiger partial charge in [-0.1, -0.05) is 13.8 Å². The average Bonchev–Trinajstić information content (AvgIpc) is 3.20. The standard InChI is InChI=1S/C16H29NO/c1-11(2)13-5-8-16(18)15(9-13)17(14-6-7-14)10-12-3-4-12/h11-16,18H,3-10H2,1-2H3. The fourth-order valence-corrected chi connectivity index (χ4v) is 3.68. The second kappa shape index (κ2) is 5.13. The Balaban J connectivity index is 1.65. The van der Waals surface area contributed by atoms with Crippen molar-refractivity contribution in [1.82, 2.24) is 4.90 Å². The zero-order valence-electron chi connectivity index (χ0n) is 12.0. The van der Waals surface area contributed by atoms with Gasteiger partial charge in [0.1, 0.15) is 0 Å². The van der Waals surface area contributed by atoms with Gasteiger partial charge >= 0.3 is 0 Å². The number of aliphatic hydroxyl groups is 1. The molecule has 3 atom stereocenters. The van der Waals surface area contributed by atoms with Crippen LogP contribution in [0.5, 0.6) is 0 Å². The molecule has 3 aliphatic rings. The third-order valence-corrected chi connectivity index (χ3v) is 5.37. The first-order valence-corrected chi connectivity index (χ1v) is 8.09. The lowest BCUT2D eigenvalue weighted by Gasteiger charge is -2.42. The first-order valence-electron chi connectivity index (χ1n) is 8.09. The monoisotopic (exact) mass is 251 g/mol. The predicted octanol–water partition coefficient (Wildman–Crippen LogP) is 3.05. The van der Waals surface area contributed by atoms with Crippen LogP contribution in [0, 0.1) is 17.8 Å². The lowest BCUT2D eigenvalue weighted by atomic mass is 9.77. The quantitative estimate of drug-likeness (QED) is 0.812. The maximum atomic E-state index is 10.4. The van der Waals surface area contributed by atoms with Crippen LogP contribution in [0.1, 0.15) is 58.8 Å². The molecule has 0 aliphatic heterocycles. The summed E-state index contributed by atoms with van der Waals surface area (Å²) in [5, 5.41) is 10.4. The molecule has 0 spiro atoms. The van der Waals surface area contributed by atoms with E-state index in [1.807, 2.05) is 0 Å². The Bertz CT molecular complexity index is 283. The highest BCUT2D eigenvalue weighted by atomic mass is 16.3. The minimum Gasteiger partial charge on any atom is -0.391 e. The smallest absolute Gasteiger partial charge is 0.0695 e. The summed E-state index contributed by atoms with van der Waals surface area (Å²) < 4.78 is 0. The minimum absolute atomic E-state index is 0.0562. The van der Waals surface area contributed by atoms with Gasteiger partial charge in [-0.3, -0.25) is 4.90 Å². The van der Waals surface area contributed by atoms with Crippen molar-refractivity contribution in [3.63, 3.8) is 0 Å². The van der Waals surface area contributed by atoms with Crippen LogP contribution < -0.4 is 0 Å². The van der Waals surface area contributed by atoms with Crippen LogP contribution in [0.2, 0.25) is 0 Å². The Kier molecular flexibility index (Phi) is 3.68. The molecule has 3 fully saturated rings. The Morgan fingerprint density at radius 2 is 1.78 bits per heavy atom. The van der Waals surface area contributed by atoms with E-state index in [-0.39, 0.29) is 6.10 Å². The molecule has 2 nitrogen and oxygen atoms in total. The Morgan fingerprint density at radius 3 is 2.33 bits per heavy atom. The molecule has 2 heteroatoms. The zero-order valence-corrected chi connectivity index (χ0v) is 12.0. The van der Waals surface area contributed by atoms with E-state index in [1.54, 1.807) is 0 Å². The minimum atomic E-state index is -0.0562. The Labute approximate surface area is 112 Å². The van der Waals surface area contributed by atoms with Crippen LogP contribution in [0.4, 0.5) is 0 Å². The molecule has 1 N–H and O–H groups in total. The SMILES string of the molecule is CC(C)C1CCC(O)C(N(CC2CC2)C2CC2)C1. The number of rotatable bonds is 5. The summed E-state index contributed by atoms with van der Waals surface area (Å²) >= 11 is 0. The zero-order chi connectivity index (χ0) is 12.7. The van der Waals surface area contributed by atoms with Crippen molar-refractivity contribution >= 4 is 0 Å². The van der Waals surface area contributed by atoms with Crippen molar-refractivity contribution in [2.24, 2.45) is 17.8 Å². The van der Waals surface area contributed by atoms with Gasteiger partial charge in [-0.15, -0.1) is 0 Å². The Hall–Kier alpha value is -0.0800. The van der Waals surface area contributed by atoms with Gasteiger partial charge in [-0.05, 0) is 62.7 Å². The molecule has 3 aliphatic carbocycles. The lowest BCUT2D eigenvalue weighted by molar-refractivity contribution is -0.0102. The van der Waals surface area contributed by atoms with Crippen LogP contribution >= 0.6 is 0 Å². The molecule has 0 radical (unpaired) electrons. The van der Waals surface area contributed by atoms with E-state index < -0.39 is 0 Å². The molecule has 0 saturated heterocycles. The predicted molar refractivity (Wildman–Crippen MR) is 74.4 cm³/mol. The second-order valence-electron chi connectivity index (χ2n) is 7.32. The van der Waals surface area contributed by atoms with Crippen LogP contribution in [-0.2, 0) is 0 Å². The molecule has 3 unspecified atom stereocenters. The van der Waals surface area contributed by atoms with E-state index in [9.17, 15) is 5.11 Å². The highest BCUT2D eigenvalue weighted by Crippen LogP contribution is 2.41. The fourth-order valence-electron chi connectivity index (χ4n) is 3.68. The normalized spacial score (nSPS) is 37.5. The van der Waals surface area contributed by atoms with Gasteiger partial charge in [0, 0.05) is 18.6 Å². The topological polar surface area (TPSA) is 23.5 Å². The van der Waals surface area contributed by atoms with Crippen molar-refractivity contribution in [1.29, 1.82) is 0 Å². The third-order valence-electron chi connectivity index (χ3n) is 5.37. The van der Waals surface area contributed by atoms with E-state index >= 15 is 0 Å². The van der Waals surface area contributed by atoms with E-state index in [2.05, 4.69) is 18.7 Å². The molecule has 0 bridgehead atoms. The average molecular weight is 251 g/mol. The summed E-state index contributed by atoms with van der Waals surface area (Å²) in [7, 11) is 0. The molecule has 0 aromatic heterocycles. The number of hydrogen-bond donors (Lipinski definition) is 1. The van der Waals surface area contributed by atoms with Crippen molar-refractivity contribution in [2.45, 2.75) is 77.0 Å². The highest BCUT2D eigenvalue weighted by Gasteiger charge is 2.42. The second-order valence-corrected chi connectivity index (χ2v) is 7.32. The van der Waals surface area contributed by atoms with Gasteiger partial charge in [0.15, 0.2) is 0 Å². The summed E-state index contributed by atoms with van der Waals surface area (Å²) in [5.41, 5.74) is 0. The molecule has 0 amide bonds. The molecular formula is C16H29NO. The lowest BCUT2D eigenvalue weighted by Crippen LogP contribution is -2.49. The van der Waals surface area contributed by atoms with Crippen molar-refractivity contribution in [3.05, 3.63) is 0 Å². The molecular weight excluding hydrogens is 222 g/mol. The third kappa shape index (κ3) is 2.91. The Morgan fingerprint density at radius 1 is 1.06 bits per heavy atom. The first kappa shape index (κ1) is 12.9. The molecule has 104 valence electrons. The van der Waals surface area contributed by atoms with E-state index in [0.29, 0.717) is 6.04 Å². The summed E-state index contributed by atoms with van der Waals surface area (Å²) in [6, 6.07) is 1.29. The van der Waals surface area contributed by atoms with Crippen molar-refractivity contribution < 1.29 is 5.11 Å². The maximum Gasteiger partial charge on any atom is 0.0695 e. The van der Waals surface area contributed by atoms with Crippen molar-refractivity contribution in [3.8, 4) is 0 Å². The van der Waals surface area contributed by atoms with Gasteiger partial charge in [0.05, 0.1) is 6.10 Å². The number of nitrogens with zero attached hydrogens (tertiary/aromatic N) is 1. The van der Waals surface area contributed by atoms with Crippen molar-refractivity contribution in [2.75, 3.05) is 6.54 Å². The van der Waals surface area contributed by atoms with E-state index in [0.717, 1.165) is 30.2 Å². The number of hydrogen-bond acceptors (Lipinski definition) is 2. The fraction of sp³-hybridized carbons (Fsp3) is 1.00. The molecule has 0 heterocycles. The largest absolute Gasteiger partial charge is 0.391 e. The maximum absolute atomic E-state index is 10.4. The van der Waals surface area contributed by atoms with Crippen LogP contribution in [0.25, 0.3) is 0 Å². The molecule has 18 heavy (non-hydrogen) atoms. The summed E-state index contributed by atoms with van der Waals surface area (Å²) in [6.45, 7) is 5.97. The van der Waals surface area contributed by atoms with Crippen LogP contribution in [0.15, 0.2) is 0 Å². The van der Waals surface area contributed by atoms with Gasteiger partial charge in [0.2, 0.25) is 0 Å². The summed E-state index contributed by atoms with van der Waals surface area (Å²) in [4.78, 5) is 2.71.